The molecule has 1 unspecified atom stereocenters. The highest BCUT2D eigenvalue weighted by Gasteiger charge is 2.34. The second-order valence-electron chi connectivity index (χ2n) is 7.93. The molecule has 1 aliphatic heterocycles. The molecule has 6 nitrogen and oxygen atoms in total. The van der Waals surface area contributed by atoms with E-state index in [9.17, 15) is 9.59 Å². The van der Waals surface area contributed by atoms with Crippen molar-refractivity contribution in [1.82, 2.24) is 0 Å². The van der Waals surface area contributed by atoms with Crippen molar-refractivity contribution < 1.29 is 19.1 Å². The predicted octanol–water partition coefficient (Wildman–Crippen LogP) is 5.91. The average molecular weight is 477 g/mol. The summed E-state index contributed by atoms with van der Waals surface area (Å²) in [6.45, 7) is 2.79. The Hall–Kier alpha value is -3.45. The largest absolute Gasteiger partial charge is 0.497 e. The van der Waals surface area contributed by atoms with Crippen molar-refractivity contribution in [2.45, 2.75) is 25.1 Å². The smallest absolute Gasteiger partial charge is 0.255 e. The zero-order valence-corrected chi connectivity index (χ0v) is 20.1. The third kappa shape index (κ3) is 5.54. The van der Waals surface area contributed by atoms with Crippen molar-refractivity contribution in [2.24, 2.45) is 0 Å². The van der Waals surface area contributed by atoms with Gasteiger partial charge in [-0.3, -0.25) is 14.5 Å². The highest BCUT2D eigenvalue weighted by atomic mass is 32.2. The molecule has 0 saturated carbocycles. The van der Waals surface area contributed by atoms with E-state index in [-0.39, 0.29) is 17.2 Å². The molecule has 0 aliphatic carbocycles. The monoisotopic (exact) mass is 476 g/mol. The van der Waals surface area contributed by atoms with E-state index in [2.05, 4.69) is 12.2 Å². The molecule has 3 aromatic carbocycles. The summed E-state index contributed by atoms with van der Waals surface area (Å²) in [5, 5.41) is 2.78. The fraction of sp³-hybridized carbons (Fsp3) is 0.259. The van der Waals surface area contributed by atoms with E-state index in [0.29, 0.717) is 29.4 Å². The van der Waals surface area contributed by atoms with Crippen LogP contribution in [0, 0.1) is 0 Å². The van der Waals surface area contributed by atoms with E-state index in [4.69, 9.17) is 9.47 Å². The van der Waals surface area contributed by atoms with Gasteiger partial charge in [0.1, 0.15) is 16.9 Å². The summed E-state index contributed by atoms with van der Waals surface area (Å²) in [4.78, 5) is 27.3. The molecular formula is C27H28N2O4S. The van der Waals surface area contributed by atoms with Gasteiger partial charge in [-0.25, -0.2) is 0 Å². The first kappa shape index (κ1) is 23.7. The van der Waals surface area contributed by atoms with Crippen molar-refractivity contribution in [1.29, 1.82) is 0 Å². The van der Waals surface area contributed by atoms with E-state index in [1.165, 1.54) is 0 Å². The van der Waals surface area contributed by atoms with E-state index in [1.54, 1.807) is 35.9 Å². The molecule has 7 heteroatoms. The van der Waals surface area contributed by atoms with Crippen LogP contribution in [0.4, 0.5) is 11.4 Å². The second kappa shape index (κ2) is 11.1. The molecule has 0 bridgehead atoms. The lowest BCUT2D eigenvalue weighted by molar-refractivity contribution is -0.115. The van der Waals surface area contributed by atoms with E-state index < -0.39 is 0 Å². The number of anilines is 2. The zero-order valence-electron chi connectivity index (χ0n) is 19.3. The first-order chi connectivity index (χ1) is 16.6. The van der Waals surface area contributed by atoms with Crippen LogP contribution in [0.25, 0.3) is 0 Å². The molecule has 1 atom stereocenters. The van der Waals surface area contributed by atoms with E-state index in [0.717, 1.165) is 29.8 Å². The van der Waals surface area contributed by atoms with Crippen LogP contribution in [0.2, 0.25) is 0 Å². The number of hydrogen-bond acceptors (Lipinski definition) is 5. The van der Waals surface area contributed by atoms with E-state index in [1.807, 2.05) is 60.7 Å². The van der Waals surface area contributed by atoms with Crippen molar-refractivity contribution >= 4 is 35.0 Å². The molecule has 0 aromatic heterocycles. The summed E-state index contributed by atoms with van der Waals surface area (Å²) in [7, 11) is 1.61. The van der Waals surface area contributed by atoms with Gasteiger partial charge in [0.05, 0.1) is 19.5 Å². The van der Waals surface area contributed by atoms with E-state index >= 15 is 0 Å². The SMILES string of the molecule is CCCCOc1ccc(C(=O)Nc2cccc(C3SCC(=O)N3c3cccc(OC)c3)c2)cc1. The Bertz CT molecular complexity index is 1150. The van der Waals surface area contributed by atoms with Crippen LogP contribution in [0.3, 0.4) is 0 Å². The molecule has 4 rings (SSSR count). The van der Waals surface area contributed by atoms with Crippen molar-refractivity contribution in [3.05, 3.63) is 83.9 Å². The van der Waals surface area contributed by atoms with Crippen LogP contribution in [0.1, 0.15) is 41.1 Å². The number of amides is 2. The number of carbonyl (C=O) groups is 2. The second-order valence-corrected chi connectivity index (χ2v) is 9.00. The average Bonchev–Trinajstić information content (AvgIpc) is 3.26. The maximum absolute atomic E-state index is 12.8. The van der Waals surface area contributed by atoms with Gasteiger partial charge in [0.2, 0.25) is 5.91 Å². The lowest BCUT2D eigenvalue weighted by Crippen LogP contribution is -2.27. The molecule has 1 fully saturated rings. The molecule has 1 aliphatic rings. The van der Waals surface area contributed by atoms with Gasteiger partial charge in [0, 0.05) is 23.0 Å². The lowest BCUT2D eigenvalue weighted by atomic mass is 10.1. The molecule has 0 spiro atoms. The standard InChI is InChI=1S/C27H28N2O4S/c1-3-4-15-33-23-13-11-19(12-14-23)26(31)28-21-8-5-7-20(16-21)27-29(25(30)18-34-27)22-9-6-10-24(17-22)32-2/h5-14,16-17,27H,3-4,15,18H2,1-2H3,(H,28,31). The Morgan fingerprint density at radius 2 is 1.85 bits per heavy atom. The number of benzene rings is 3. The number of methoxy groups -OCH3 is 1. The van der Waals surface area contributed by atoms with Gasteiger partial charge in [-0.15, -0.1) is 11.8 Å². The Kier molecular flexibility index (Phi) is 7.75. The fourth-order valence-corrected chi connectivity index (χ4v) is 4.89. The third-order valence-electron chi connectivity index (χ3n) is 5.51. The van der Waals surface area contributed by atoms with Crippen molar-refractivity contribution in [2.75, 3.05) is 29.7 Å². The van der Waals surface area contributed by atoms with Gasteiger partial charge in [-0.1, -0.05) is 31.5 Å². The van der Waals surface area contributed by atoms with Crippen molar-refractivity contribution in [3.63, 3.8) is 0 Å². The molecular weight excluding hydrogens is 448 g/mol. The number of nitrogens with zero attached hydrogens (tertiary/aromatic N) is 1. The predicted molar refractivity (Wildman–Crippen MR) is 137 cm³/mol. The number of thioether (sulfide) groups is 1. The Labute approximate surface area is 204 Å². The fourth-order valence-electron chi connectivity index (χ4n) is 3.72. The summed E-state index contributed by atoms with van der Waals surface area (Å²) in [5.74, 6) is 1.69. The van der Waals surface area contributed by atoms with Gasteiger partial charge >= 0.3 is 0 Å². The number of nitrogens with one attached hydrogen (secondary N) is 1. The number of ether oxygens (including phenoxy) is 2. The maximum Gasteiger partial charge on any atom is 0.255 e. The minimum atomic E-state index is -0.197. The lowest BCUT2D eigenvalue weighted by Gasteiger charge is -2.25. The molecule has 1 N–H and O–H groups in total. The zero-order chi connectivity index (χ0) is 23.9. The van der Waals surface area contributed by atoms with Gasteiger partial charge < -0.3 is 14.8 Å². The molecule has 2 amide bonds. The van der Waals surface area contributed by atoms with Gasteiger partial charge in [-0.2, -0.15) is 0 Å². The molecule has 3 aromatic rings. The number of rotatable bonds is 9. The summed E-state index contributed by atoms with van der Waals surface area (Å²) >= 11 is 1.56. The van der Waals surface area contributed by atoms with Crippen LogP contribution < -0.4 is 19.7 Å². The van der Waals surface area contributed by atoms with Gasteiger partial charge in [0.25, 0.3) is 5.91 Å². The third-order valence-corrected chi connectivity index (χ3v) is 6.72. The first-order valence-electron chi connectivity index (χ1n) is 11.3. The quantitative estimate of drug-likeness (QED) is 0.389. The topological polar surface area (TPSA) is 67.9 Å². The normalized spacial score (nSPS) is 15.3. The highest BCUT2D eigenvalue weighted by Crippen LogP contribution is 2.42. The minimum absolute atomic E-state index is 0.0407. The van der Waals surface area contributed by atoms with Gasteiger partial charge in [-0.05, 0) is 60.5 Å². The molecule has 1 heterocycles. The Morgan fingerprint density at radius 3 is 2.62 bits per heavy atom. The Morgan fingerprint density at radius 1 is 1.06 bits per heavy atom. The molecule has 1 saturated heterocycles. The summed E-state index contributed by atoms with van der Waals surface area (Å²) in [6.07, 6.45) is 2.07. The van der Waals surface area contributed by atoms with Crippen LogP contribution in [0.5, 0.6) is 11.5 Å². The summed E-state index contributed by atoms with van der Waals surface area (Å²) in [6, 6.07) is 22.3. The van der Waals surface area contributed by atoms with Crippen molar-refractivity contribution in [3.8, 4) is 11.5 Å². The Balaban J connectivity index is 1.48. The molecule has 34 heavy (non-hydrogen) atoms. The highest BCUT2D eigenvalue weighted by molar-refractivity contribution is 8.00. The number of unbranched alkanes of at least 4 members (excludes halogenated alkanes) is 1. The van der Waals surface area contributed by atoms with Crippen LogP contribution in [0.15, 0.2) is 72.8 Å². The van der Waals surface area contributed by atoms with Crippen LogP contribution in [-0.4, -0.2) is 31.3 Å². The van der Waals surface area contributed by atoms with Gasteiger partial charge in [0.15, 0.2) is 0 Å². The number of hydrogen-bond donors (Lipinski definition) is 1. The maximum atomic E-state index is 12.8. The number of carbonyl (C=O) groups excluding carboxylic acids is 2. The summed E-state index contributed by atoms with van der Waals surface area (Å²) < 4.78 is 11.0. The molecule has 0 radical (unpaired) electrons. The molecule has 176 valence electrons. The summed E-state index contributed by atoms with van der Waals surface area (Å²) in [5.41, 5.74) is 2.96. The first-order valence-corrected chi connectivity index (χ1v) is 12.4. The van der Waals surface area contributed by atoms with Crippen LogP contribution >= 0.6 is 11.8 Å². The minimum Gasteiger partial charge on any atom is -0.497 e. The van der Waals surface area contributed by atoms with Crippen LogP contribution in [-0.2, 0) is 4.79 Å².